The molecule has 4 nitrogen and oxygen atoms in total. The number of halogens is 4. The topological polar surface area (TPSA) is 38.1 Å². The largest absolute Gasteiger partial charge is 0.390 e. The van der Waals surface area contributed by atoms with Crippen molar-refractivity contribution >= 4 is 5.91 Å². The molecule has 1 aliphatic carbocycles. The zero-order valence-electron chi connectivity index (χ0n) is 15.4. The van der Waals surface area contributed by atoms with Crippen LogP contribution >= 0.6 is 0 Å². The predicted octanol–water partition coefficient (Wildman–Crippen LogP) is 4.13. The summed E-state index contributed by atoms with van der Waals surface area (Å²) in [7, 11) is 1.78. The van der Waals surface area contributed by atoms with Crippen LogP contribution in [-0.4, -0.2) is 33.3 Å². The summed E-state index contributed by atoms with van der Waals surface area (Å²) in [6, 6.07) is 4.74. The van der Waals surface area contributed by atoms with Crippen molar-refractivity contribution in [3.8, 4) is 0 Å². The van der Waals surface area contributed by atoms with Gasteiger partial charge in [-0.1, -0.05) is 12.1 Å². The van der Waals surface area contributed by atoms with Crippen molar-refractivity contribution in [2.75, 3.05) is 6.54 Å². The molecule has 8 heteroatoms. The van der Waals surface area contributed by atoms with Crippen LogP contribution in [0.15, 0.2) is 36.7 Å². The maximum Gasteiger partial charge on any atom is 0.390 e. The van der Waals surface area contributed by atoms with Crippen LogP contribution in [0.4, 0.5) is 17.6 Å². The fourth-order valence-corrected chi connectivity index (χ4v) is 4.79. The molecule has 1 aromatic heterocycles. The number of nitrogens with zero attached hydrogens (tertiary/aromatic N) is 3. The minimum Gasteiger partial charge on any atom is -0.332 e. The Hall–Kier alpha value is -2.38. The van der Waals surface area contributed by atoms with E-state index in [9.17, 15) is 22.4 Å². The Morgan fingerprint density at radius 1 is 1.29 bits per heavy atom. The maximum absolute atomic E-state index is 13.4. The number of alkyl halides is 3. The van der Waals surface area contributed by atoms with Gasteiger partial charge in [0.05, 0.1) is 24.1 Å². The zero-order valence-corrected chi connectivity index (χ0v) is 15.4. The van der Waals surface area contributed by atoms with Crippen molar-refractivity contribution < 1.29 is 22.4 Å². The Kier molecular flexibility index (Phi) is 4.47. The van der Waals surface area contributed by atoms with Gasteiger partial charge in [-0.25, -0.2) is 4.39 Å². The molecular weight excluding hydrogens is 374 g/mol. The van der Waals surface area contributed by atoms with Crippen LogP contribution in [0, 0.1) is 11.7 Å². The lowest BCUT2D eigenvalue weighted by Crippen LogP contribution is -2.54. The average Bonchev–Trinajstić information content (AvgIpc) is 3.14. The summed E-state index contributed by atoms with van der Waals surface area (Å²) in [6.07, 6.45) is 0.207. The number of fused-ring (bicyclic) bond motifs is 1. The van der Waals surface area contributed by atoms with Crippen molar-refractivity contribution in [1.82, 2.24) is 14.7 Å². The third-order valence-corrected chi connectivity index (χ3v) is 6.21. The second kappa shape index (κ2) is 6.60. The molecule has 0 N–H and O–H groups in total. The lowest BCUT2D eigenvalue weighted by Gasteiger charge is -2.50. The number of aromatic nitrogens is 2. The van der Waals surface area contributed by atoms with Crippen LogP contribution in [0.5, 0.6) is 0 Å². The Morgan fingerprint density at radius 3 is 2.54 bits per heavy atom. The first-order valence-corrected chi connectivity index (χ1v) is 9.33. The molecule has 4 rings (SSSR count). The molecule has 28 heavy (non-hydrogen) atoms. The standard InChI is InChI=1S/C20H21F4N3O/c1-26-12-15(11-25-26)19-8-6-14(19)7-9-27(19)18(28)17(10-20(22,23)24)13-2-4-16(21)5-3-13/h2-5,11-12,14,17H,6-10H2,1H3. The van der Waals surface area contributed by atoms with Crippen molar-refractivity contribution in [3.63, 3.8) is 0 Å². The number of hydrogen-bond donors (Lipinski definition) is 0. The van der Waals surface area contributed by atoms with Gasteiger partial charge in [-0.3, -0.25) is 9.48 Å². The molecule has 150 valence electrons. The van der Waals surface area contributed by atoms with E-state index in [1.807, 2.05) is 6.20 Å². The lowest BCUT2D eigenvalue weighted by molar-refractivity contribution is -0.158. The molecule has 3 atom stereocenters. The number of amides is 1. The van der Waals surface area contributed by atoms with Gasteiger partial charge in [-0.05, 0) is 42.9 Å². The van der Waals surface area contributed by atoms with E-state index in [2.05, 4.69) is 5.10 Å². The van der Waals surface area contributed by atoms with Gasteiger partial charge in [0.1, 0.15) is 5.82 Å². The number of carbonyl (C=O) groups is 1. The molecule has 0 radical (unpaired) electrons. The van der Waals surface area contributed by atoms with Crippen molar-refractivity contribution in [3.05, 3.63) is 53.6 Å². The van der Waals surface area contributed by atoms with E-state index >= 15 is 0 Å². The quantitative estimate of drug-likeness (QED) is 0.730. The van der Waals surface area contributed by atoms with Crippen LogP contribution in [0.25, 0.3) is 0 Å². The van der Waals surface area contributed by atoms with Gasteiger partial charge in [0.2, 0.25) is 5.91 Å². The molecular formula is C20H21F4N3O. The summed E-state index contributed by atoms with van der Waals surface area (Å²) in [5.41, 5.74) is 0.490. The van der Waals surface area contributed by atoms with Gasteiger partial charge in [0, 0.05) is 25.4 Å². The Balaban J connectivity index is 1.70. The average molecular weight is 395 g/mol. The fraction of sp³-hybridized carbons (Fsp3) is 0.500. The maximum atomic E-state index is 13.4. The first kappa shape index (κ1) is 19.0. The van der Waals surface area contributed by atoms with Gasteiger partial charge in [0.15, 0.2) is 0 Å². The first-order valence-electron chi connectivity index (χ1n) is 9.33. The Morgan fingerprint density at radius 2 is 2.00 bits per heavy atom. The summed E-state index contributed by atoms with van der Waals surface area (Å²) in [5, 5.41) is 4.20. The molecule has 1 saturated heterocycles. The normalized spacial score (nSPS) is 25.3. The van der Waals surface area contributed by atoms with E-state index < -0.39 is 35.8 Å². The van der Waals surface area contributed by atoms with Crippen molar-refractivity contribution in [2.24, 2.45) is 13.0 Å². The number of benzene rings is 1. The second-order valence-electron chi connectivity index (χ2n) is 7.76. The highest BCUT2D eigenvalue weighted by molar-refractivity contribution is 5.85. The van der Waals surface area contributed by atoms with E-state index in [0.29, 0.717) is 6.54 Å². The van der Waals surface area contributed by atoms with E-state index in [1.165, 1.54) is 12.1 Å². The van der Waals surface area contributed by atoms with Gasteiger partial charge in [-0.2, -0.15) is 18.3 Å². The van der Waals surface area contributed by atoms with Crippen LogP contribution < -0.4 is 0 Å². The summed E-state index contributed by atoms with van der Waals surface area (Å²) in [5.74, 6) is -2.24. The van der Waals surface area contributed by atoms with Crippen LogP contribution in [-0.2, 0) is 17.4 Å². The molecule has 2 fully saturated rings. The number of likely N-dealkylation sites (tertiary alicyclic amines) is 1. The fourth-order valence-electron chi connectivity index (χ4n) is 4.79. The zero-order chi connectivity index (χ0) is 20.1. The van der Waals surface area contributed by atoms with Crippen molar-refractivity contribution in [2.45, 2.75) is 43.3 Å². The Bertz CT molecular complexity index is 876. The molecule has 2 heterocycles. The molecule has 1 aromatic carbocycles. The molecule has 0 bridgehead atoms. The van der Waals surface area contributed by atoms with Gasteiger partial charge in [-0.15, -0.1) is 0 Å². The van der Waals surface area contributed by atoms with Gasteiger partial charge >= 0.3 is 6.18 Å². The highest BCUT2D eigenvalue weighted by Gasteiger charge is 2.59. The van der Waals surface area contributed by atoms with Gasteiger partial charge < -0.3 is 4.90 Å². The number of hydrogen-bond acceptors (Lipinski definition) is 2. The number of carbonyl (C=O) groups excluding carboxylic acids is 1. The molecule has 2 aliphatic rings. The molecule has 3 unspecified atom stereocenters. The number of aryl methyl sites for hydroxylation is 1. The van der Waals surface area contributed by atoms with E-state index in [1.54, 1.807) is 22.8 Å². The third-order valence-electron chi connectivity index (χ3n) is 6.21. The summed E-state index contributed by atoms with van der Waals surface area (Å²) in [6.45, 7) is 0.425. The monoisotopic (exact) mass is 395 g/mol. The van der Waals surface area contributed by atoms with Crippen LogP contribution in [0.3, 0.4) is 0 Å². The second-order valence-corrected chi connectivity index (χ2v) is 7.76. The number of rotatable bonds is 4. The summed E-state index contributed by atoms with van der Waals surface area (Å²) < 4.78 is 54.7. The van der Waals surface area contributed by atoms with Crippen LogP contribution in [0.1, 0.15) is 42.7 Å². The molecule has 1 aliphatic heterocycles. The van der Waals surface area contributed by atoms with Crippen molar-refractivity contribution in [1.29, 1.82) is 0 Å². The summed E-state index contributed by atoms with van der Waals surface area (Å²) >= 11 is 0. The summed E-state index contributed by atoms with van der Waals surface area (Å²) in [4.78, 5) is 15.0. The SMILES string of the molecule is Cn1cc(C23CCC2CCN3C(=O)C(CC(F)(F)F)c2ccc(F)cc2)cn1. The Labute approximate surface area is 160 Å². The minimum atomic E-state index is -4.51. The smallest absolute Gasteiger partial charge is 0.332 e. The van der Waals surface area contributed by atoms with E-state index in [-0.39, 0.29) is 11.5 Å². The predicted molar refractivity (Wildman–Crippen MR) is 93.8 cm³/mol. The lowest BCUT2D eigenvalue weighted by atomic mass is 9.64. The van der Waals surface area contributed by atoms with E-state index in [0.717, 1.165) is 37.0 Å². The van der Waals surface area contributed by atoms with Crippen LogP contribution in [0.2, 0.25) is 0 Å². The minimum absolute atomic E-state index is 0.188. The van der Waals surface area contributed by atoms with Gasteiger partial charge in [0.25, 0.3) is 0 Å². The molecule has 1 amide bonds. The molecule has 1 saturated carbocycles. The highest BCUT2D eigenvalue weighted by atomic mass is 19.4. The molecule has 0 spiro atoms. The van der Waals surface area contributed by atoms with E-state index in [4.69, 9.17) is 0 Å². The first-order chi connectivity index (χ1) is 13.2. The molecule has 2 aromatic rings. The highest BCUT2D eigenvalue weighted by Crippen LogP contribution is 2.57. The third kappa shape index (κ3) is 3.08.